The van der Waals surface area contributed by atoms with Crippen LogP contribution < -0.4 is 14.8 Å². The lowest BCUT2D eigenvalue weighted by Crippen LogP contribution is -2.21. The van der Waals surface area contributed by atoms with Crippen molar-refractivity contribution in [1.82, 2.24) is 5.32 Å². The predicted octanol–water partition coefficient (Wildman–Crippen LogP) is 8.02. The molecular formula is C26H30Cl3NO2. The smallest absolute Gasteiger partial charge is 0.166 e. The standard InChI is InChI=1S/C26H29Cl2NO2.ClH/c1-3-9-24(19-10-6-5-7-11-19)29-17-20-12-8-13-25(30-4-2)26(20)31-18-21-14-15-22(27)16-23(21)28;/h5-8,10-16,24,29H,3-4,9,17-18H2,1-2H3;1H. The number of halogens is 3. The van der Waals surface area contributed by atoms with Crippen LogP contribution in [0.25, 0.3) is 0 Å². The Hall–Kier alpha value is -1.91. The summed E-state index contributed by atoms with van der Waals surface area (Å²) in [5.41, 5.74) is 3.22. The summed E-state index contributed by atoms with van der Waals surface area (Å²) < 4.78 is 12.1. The Kier molecular flexibility index (Phi) is 11.2. The molecule has 1 atom stereocenters. The zero-order chi connectivity index (χ0) is 22.1. The molecule has 1 N–H and O–H groups in total. The molecule has 0 saturated heterocycles. The molecule has 0 bridgehead atoms. The van der Waals surface area contributed by atoms with Gasteiger partial charge in [-0.25, -0.2) is 0 Å². The Morgan fingerprint density at radius 3 is 2.34 bits per heavy atom. The highest BCUT2D eigenvalue weighted by Crippen LogP contribution is 2.34. The molecule has 3 aromatic carbocycles. The largest absolute Gasteiger partial charge is 0.490 e. The lowest BCUT2D eigenvalue weighted by Gasteiger charge is -2.21. The van der Waals surface area contributed by atoms with Crippen LogP contribution in [0.2, 0.25) is 10.0 Å². The Labute approximate surface area is 207 Å². The maximum Gasteiger partial charge on any atom is 0.166 e. The lowest BCUT2D eigenvalue weighted by atomic mass is 10.0. The second-order valence-electron chi connectivity index (χ2n) is 7.33. The summed E-state index contributed by atoms with van der Waals surface area (Å²) in [7, 11) is 0. The first-order valence-corrected chi connectivity index (χ1v) is 11.5. The Morgan fingerprint density at radius 1 is 0.875 bits per heavy atom. The van der Waals surface area contributed by atoms with Crippen molar-refractivity contribution in [3.63, 3.8) is 0 Å². The molecule has 0 aliphatic heterocycles. The number of rotatable bonds is 11. The van der Waals surface area contributed by atoms with Crippen molar-refractivity contribution in [3.8, 4) is 11.5 Å². The maximum absolute atomic E-state index is 6.33. The maximum atomic E-state index is 6.33. The Morgan fingerprint density at radius 2 is 1.66 bits per heavy atom. The first-order chi connectivity index (χ1) is 15.1. The normalized spacial score (nSPS) is 11.5. The molecule has 0 fully saturated rings. The monoisotopic (exact) mass is 493 g/mol. The zero-order valence-corrected chi connectivity index (χ0v) is 20.8. The van der Waals surface area contributed by atoms with Gasteiger partial charge in [-0.1, -0.05) is 85.1 Å². The number of benzene rings is 3. The van der Waals surface area contributed by atoms with Crippen LogP contribution in [0, 0.1) is 0 Å². The topological polar surface area (TPSA) is 30.5 Å². The van der Waals surface area contributed by atoms with E-state index in [9.17, 15) is 0 Å². The molecule has 6 heteroatoms. The first-order valence-electron chi connectivity index (χ1n) is 10.7. The van der Waals surface area contributed by atoms with E-state index in [-0.39, 0.29) is 18.4 Å². The molecule has 0 heterocycles. The van der Waals surface area contributed by atoms with Crippen LogP contribution in [0.15, 0.2) is 66.7 Å². The minimum absolute atomic E-state index is 0. The average Bonchev–Trinajstić information content (AvgIpc) is 2.78. The van der Waals surface area contributed by atoms with Gasteiger partial charge in [0.2, 0.25) is 0 Å². The molecule has 172 valence electrons. The van der Waals surface area contributed by atoms with E-state index in [1.807, 2.05) is 37.3 Å². The van der Waals surface area contributed by atoms with Crippen LogP contribution in [0.4, 0.5) is 0 Å². The van der Waals surface area contributed by atoms with Crippen LogP contribution in [-0.4, -0.2) is 6.61 Å². The molecule has 3 aromatic rings. The van der Waals surface area contributed by atoms with E-state index >= 15 is 0 Å². The van der Waals surface area contributed by atoms with E-state index < -0.39 is 0 Å². The van der Waals surface area contributed by atoms with Gasteiger partial charge in [-0.2, -0.15) is 0 Å². The fourth-order valence-electron chi connectivity index (χ4n) is 3.52. The summed E-state index contributed by atoms with van der Waals surface area (Å²) in [6, 6.07) is 22.3. The summed E-state index contributed by atoms with van der Waals surface area (Å²) in [5, 5.41) is 4.90. The zero-order valence-electron chi connectivity index (χ0n) is 18.4. The summed E-state index contributed by atoms with van der Waals surface area (Å²) in [5.74, 6) is 1.48. The van der Waals surface area contributed by atoms with E-state index in [0.29, 0.717) is 29.8 Å². The molecule has 0 amide bonds. The highest BCUT2D eigenvalue weighted by Gasteiger charge is 2.15. The third-order valence-electron chi connectivity index (χ3n) is 5.07. The van der Waals surface area contributed by atoms with E-state index in [2.05, 4.69) is 42.6 Å². The lowest BCUT2D eigenvalue weighted by molar-refractivity contribution is 0.265. The van der Waals surface area contributed by atoms with Gasteiger partial charge in [0.15, 0.2) is 11.5 Å². The Balaban J connectivity index is 0.00000363. The van der Waals surface area contributed by atoms with E-state index in [1.54, 1.807) is 6.07 Å². The molecule has 0 aliphatic carbocycles. The SMILES string of the molecule is CCCC(NCc1cccc(OCC)c1OCc1ccc(Cl)cc1Cl)c1ccccc1.Cl. The minimum Gasteiger partial charge on any atom is -0.490 e. The van der Waals surface area contributed by atoms with Gasteiger partial charge >= 0.3 is 0 Å². The second kappa shape index (κ2) is 13.6. The van der Waals surface area contributed by atoms with Gasteiger partial charge in [0.1, 0.15) is 6.61 Å². The van der Waals surface area contributed by atoms with Crippen molar-refractivity contribution >= 4 is 35.6 Å². The van der Waals surface area contributed by atoms with Crippen molar-refractivity contribution in [2.24, 2.45) is 0 Å². The minimum atomic E-state index is 0. The molecule has 1 unspecified atom stereocenters. The van der Waals surface area contributed by atoms with E-state index in [0.717, 1.165) is 35.5 Å². The summed E-state index contributed by atoms with van der Waals surface area (Å²) >= 11 is 12.4. The predicted molar refractivity (Wildman–Crippen MR) is 137 cm³/mol. The van der Waals surface area contributed by atoms with Crippen LogP contribution in [0.1, 0.15) is 49.4 Å². The van der Waals surface area contributed by atoms with Gasteiger partial charge in [0, 0.05) is 33.8 Å². The first kappa shape index (κ1) is 26.3. The highest BCUT2D eigenvalue weighted by molar-refractivity contribution is 6.35. The molecule has 3 nitrogen and oxygen atoms in total. The van der Waals surface area contributed by atoms with Crippen molar-refractivity contribution in [2.45, 2.75) is 45.9 Å². The number of para-hydroxylation sites is 1. The van der Waals surface area contributed by atoms with Gasteiger partial charge in [-0.3, -0.25) is 0 Å². The fraction of sp³-hybridized carbons (Fsp3) is 0.308. The number of ether oxygens (including phenoxy) is 2. The van der Waals surface area contributed by atoms with Crippen LogP contribution in [-0.2, 0) is 13.2 Å². The number of nitrogens with one attached hydrogen (secondary N) is 1. The van der Waals surface area contributed by atoms with Crippen LogP contribution in [0.5, 0.6) is 11.5 Å². The van der Waals surface area contributed by atoms with Crippen LogP contribution >= 0.6 is 35.6 Å². The van der Waals surface area contributed by atoms with Crippen molar-refractivity contribution in [3.05, 3.63) is 93.5 Å². The van der Waals surface area contributed by atoms with Gasteiger partial charge in [0.25, 0.3) is 0 Å². The van der Waals surface area contributed by atoms with Crippen molar-refractivity contribution in [2.75, 3.05) is 6.61 Å². The van der Waals surface area contributed by atoms with Gasteiger partial charge < -0.3 is 14.8 Å². The van der Waals surface area contributed by atoms with E-state index in [4.69, 9.17) is 32.7 Å². The summed E-state index contributed by atoms with van der Waals surface area (Å²) in [6.45, 7) is 5.75. The fourth-order valence-corrected chi connectivity index (χ4v) is 3.98. The molecule has 0 radical (unpaired) electrons. The Bertz CT molecular complexity index is 967. The van der Waals surface area contributed by atoms with Crippen LogP contribution in [0.3, 0.4) is 0 Å². The van der Waals surface area contributed by atoms with Gasteiger partial charge in [-0.15, -0.1) is 12.4 Å². The number of hydrogen-bond donors (Lipinski definition) is 1. The van der Waals surface area contributed by atoms with E-state index in [1.165, 1.54) is 5.56 Å². The van der Waals surface area contributed by atoms with Gasteiger partial charge in [0.05, 0.1) is 6.61 Å². The molecule has 0 aromatic heterocycles. The third kappa shape index (κ3) is 7.31. The quantitative estimate of drug-likeness (QED) is 0.293. The molecule has 0 spiro atoms. The van der Waals surface area contributed by atoms with Crippen molar-refractivity contribution < 1.29 is 9.47 Å². The molecule has 0 aliphatic rings. The number of hydrogen-bond acceptors (Lipinski definition) is 3. The molecule has 3 rings (SSSR count). The molecular weight excluding hydrogens is 465 g/mol. The third-order valence-corrected chi connectivity index (χ3v) is 5.65. The molecule has 0 saturated carbocycles. The highest BCUT2D eigenvalue weighted by atomic mass is 35.5. The molecule has 32 heavy (non-hydrogen) atoms. The second-order valence-corrected chi connectivity index (χ2v) is 8.18. The van der Waals surface area contributed by atoms with Crippen molar-refractivity contribution in [1.29, 1.82) is 0 Å². The summed E-state index contributed by atoms with van der Waals surface area (Å²) in [4.78, 5) is 0. The average molecular weight is 495 g/mol. The van der Waals surface area contributed by atoms with Gasteiger partial charge in [-0.05, 0) is 37.1 Å². The summed E-state index contributed by atoms with van der Waals surface area (Å²) in [6.07, 6.45) is 2.16.